The molecular formula is C12H17FN2. The first kappa shape index (κ1) is 10.6. The highest BCUT2D eigenvalue weighted by molar-refractivity contribution is 5.17. The van der Waals surface area contributed by atoms with Gasteiger partial charge in [-0.2, -0.15) is 0 Å². The number of nitrogens with zero attached hydrogens (tertiary/aromatic N) is 1. The van der Waals surface area contributed by atoms with E-state index in [0.29, 0.717) is 6.04 Å². The summed E-state index contributed by atoms with van der Waals surface area (Å²) in [6, 6.07) is 7.51. The van der Waals surface area contributed by atoms with Crippen molar-refractivity contribution < 1.29 is 4.39 Å². The maximum absolute atomic E-state index is 13.4. The second-order valence-electron chi connectivity index (χ2n) is 4.12. The van der Waals surface area contributed by atoms with Gasteiger partial charge >= 0.3 is 0 Å². The molecule has 1 saturated heterocycles. The summed E-state index contributed by atoms with van der Waals surface area (Å²) in [5, 5.41) is 3.33. The van der Waals surface area contributed by atoms with E-state index in [9.17, 15) is 4.39 Å². The highest BCUT2D eigenvalue weighted by atomic mass is 19.1. The minimum atomic E-state index is -0.0942. The Morgan fingerprint density at radius 3 is 3.00 bits per heavy atom. The monoisotopic (exact) mass is 208 g/mol. The van der Waals surface area contributed by atoms with E-state index < -0.39 is 0 Å². The summed E-state index contributed by atoms with van der Waals surface area (Å²) in [6.07, 6.45) is 0. The number of hydrogen-bond acceptors (Lipinski definition) is 2. The molecule has 1 aliphatic heterocycles. The van der Waals surface area contributed by atoms with Gasteiger partial charge in [-0.25, -0.2) is 4.39 Å². The zero-order valence-electron chi connectivity index (χ0n) is 9.04. The van der Waals surface area contributed by atoms with E-state index in [1.54, 1.807) is 6.07 Å². The Hall–Kier alpha value is -0.930. The van der Waals surface area contributed by atoms with E-state index in [4.69, 9.17) is 0 Å². The molecule has 0 aromatic heterocycles. The van der Waals surface area contributed by atoms with Crippen molar-refractivity contribution in [2.75, 3.05) is 19.6 Å². The van der Waals surface area contributed by atoms with Crippen LogP contribution in [0.25, 0.3) is 0 Å². The Kier molecular flexibility index (Phi) is 3.34. The van der Waals surface area contributed by atoms with Crippen LogP contribution < -0.4 is 5.32 Å². The van der Waals surface area contributed by atoms with Crippen molar-refractivity contribution in [2.45, 2.75) is 19.5 Å². The molecular weight excluding hydrogens is 191 g/mol. The minimum Gasteiger partial charge on any atom is -0.314 e. The molecule has 0 bridgehead atoms. The van der Waals surface area contributed by atoms with Crippen LogP contribution in [0.5, 0.6) is 0 Å². The van der Waals surface area contributed by atoms with Gasteiger partial charge in [-0.3, -0.25) is 4.90 Å². The van der Waals surface area contributed by atoms with E-state index >= 15 is 0 Å². The third-order valence-corrected chi connectivity index (χ3v) is 2.97. The van der Waals surface area contributed by atoms with E-state index in [1.165, 1.54) is 6.07 Å². The normalized spacial score (nSPS) is 22.9. The zero-order valence-corrected chi connectivity index (χ0v) is 9.04. The van der Waals surface area contributed by atoms with Crippen LogP contribution in [0.4, 0.5) is 4.39 Å². The Morgan fingerprint density at radius 2 is 2.27 bits per heavy atom. The molecule has 3 heteroatoms. The standard InChI is InChI=1S/C12H17FN2/c1-10-8-14-6-7-15(10)9-11-4-2-3-5-12(11)13/h2-5,10,14H,6-9H2,1H3/t10-/m0/s1. The topological polar surface area (TPSA) is 15.3 Å². The molecule has 1 fully saturated rings. The van der Waals surface area contributed by atoms with Crippen LogP contribution in [0.2, 0.25) is 0 Å². The first-order chi connectivity index (χ1) is 7.27. The lowest BCUT2D eigenvalue weighted by Crippen LogP contribution is -2.49. The van der Waals surface area contributed by atoms with Crippen LogP contribution >= 0.6 is 0 Å². The molecule has 0 unspecified atom stereocenters. The summed E-state index contributed by atoms with van der Waals surface area (Å²) in [5.41, 5.74) is 0.797. The largest absolute Gasteiger partial charge is 0.314 e. The van der Waals surface area contributed by atoms with Crippen LogP contribution in [-0.4, -0.2) is 30.6 Å². The molecule has 1 atom stereocenters. The van der Waals surface area contributed by atoms with Gasteiger partial charge in [0, 0.05) is 37.8 Å². The van der Waals surface area contributed by atoms with Gasteiger partial charge < -0.3 is 5.32 Å². The van der Waals surface area contributed by atoms with Gasteiger partial charge in [-0.15, -0.1) is 0 Å². The molecule has 0 spiro atoms. The van der Waals surface area contributed by atoms with Crippen LogP contribution in [0.3, 0.4) is 0 Å². The number of nitrogens with one attached hydrogen (secondary N) is 1. The van der Waals surface area contributed by atoms with Gasteiger partial charge in [0.1, 0.15) is 5.82 Å². The van der Waals surface area contributed by atoms with Gasteiger partial charge in [-0.1, -0.05) is 18.2 Å². The summed E-state index contributed by atoms with van der Waals surface area (Å²) < 4.78 is 13.4. The molecule has 1 aromatic rings. The highest BCUT2D eigenvalue weighted by Gasteiger charge is 2.18. The Labute approximate surface area is 90.1 Å². The molecule has 0 amide bonds. The predicted octanol–water partition coefficient (Wildman–Crippen LogP) is 1.62. The average Bonchev–Trinajstić information content (AvgIpc) is 2.24. The fourth-order valence-corrected chi connectivity index (χ4v) is 1.96. The molecule has 0 aliphatic carbocycles. The van der Waals surface area contributed by atoms with Crippen LogP contribution in [0.15, 0.2) is 24.3 Å². The molecule has 15 heavy (non-hydrogen) atoms. The second kappa shape index (κ2) is 4.73. The molecule has 1 heterocycles. The minimum absolute atomic E-state index is 0.0942. The summed E-state index contributed by atoms with van der Waals surface area (Å²) in [4.78, 5) is 2.31. The average molecular weight is 208 g/mol. The van der Waals surface area contributed by atoms with E-state index in [2.05, 4.69) is 17.1 Å². The van der Waals surface area contributed by atoms with E-state index in [1.807, 2.05) is 12.1 Å². The zero-order chi connectivity index (χ0) is 10.7. The Balaban J connectivity index is 2.04. The maximum atomic E-state index is 13.4. The van der Waals surface area contributed by atoms with Crippen molar-refractivity contribution in [3.05, 3.63) is 35.6 Å². The van der Waals surface area contributed by atoms with Crippen LogP contribution in [0.1, 0.15) is 12.5 Å². The van der Waals surface area contributed by atoms with Crippen molar-refractivity contribution in [3.8, 4) is 0 Å². The lowest BCUT2D eigenvalue weighted by molar-refractivity contribution is 0.164. The summed E-state index contributed by atoms with van der Waals surface area (Å²) in [5.74, 6) is -0.0942. The number of halogens is 1. The van der Waals surface area contributed by atoms with Crippen LogP contribution in [0, 0.1) is 5.82 Å². The SMILES string of the molecule is C[C@H]1CNCCN1Cc1ccccc1F. The van der Waals surface area contributed by atoms with Crippen LogP contribution in [-0.2, 0) is 6.54 Å². The fourth-order valence-electron chi connectivity index (χ4n) is 1.96. The lowest BCUT2D eigenvalue weighted by Gasteiger charge is -2.33. The molecule has 1 N–H and O–H groups in total. The highest BCUT2D eigenvalue weighted by Crippen LogP contribution is 2.12. The van der Waals surface area contributed by atoms with E-state index in [-0.39, 0.29) is 5.82 Å². The van der Waals surface area contributed by atoms with Gasteiger partial charge in [0.15, 0.2) is 0 Å². The quantitative estimate of drug-likeness (QED) is 0.794. The van der Waals surface area contributed by atoms with Gasteiger partial charge in [0.05, 0.1) is 0 Å². The third kappa shape index (κ3) is 2.55. The lowest BCUT2D eigenvalue weighted by atomic mass is 10.1. The summed E-state index contributed by atoms with van der Waals surface area (Å²) >= 11 is 0. The van der Waals surface area contributed by atoms with Crippen molar-refractivity contribution in [2.24, 2.45) is 0 Å². The predicted molar refractivity (Wildman–Crippen MR) is 59.1 cm³/mol. The fraction of sp³-hybridized carbons (Fsp3) is 0.500. The van der Waals surface area contributed by atoms with Crippen molar-refractivity contribution >= 4 is 0 Å². The molecule has 2 nitrogen and oxygen atoms in total. The van der Waals surface area contributed by atoms with E-state index in [0.717, 1.165) is 31.7 Å². The second-order valence-corrected chi connectivity index (χ2v) is 4.12. The molecule has 0 radical (unpaired) electrons. The molecule has 0 saturated carbocycles. The number of piperazine rings is 1. The number of benzene rings is 1. The molecule has 82 valence electrons. The Morgan fingerprint density at radius 1 is 1.47 bits per heavy atom. The van der Waals surface area contributed by atoms with Crippen molar-refractivity contribution in [3.63, 3.8) is 0 Å². The molecule has 1 aliphatic rings. The van der Waals surface area contributed by atoms with Gasteiger partial charge in [0.2, 0.25) is 0 Å². The van der Waals surface area contributed by atoms with Crippen molar-refractivity contribution in [1.82, 2.24) is 10.2 Å². The summed E-state index contributed by atoms with van der Waals surface area (Å²) in [7, 11) is 0. The molecule has 2 rings (SSSR count). The first-order valence-electron chi connectivity index (χ1n) is 5.45. The third-order valence-electron chi connectivity index (χ3n) is 2.97. The summed E-state index contributed by atoms with van der Waals surface area (Å²) in [6.45, 7) is 5.88. The first-order valence-corrected chi connectivity index (χ1v) is 5.45. The maximum Gasteiger partial charge on any atom is 0.127 e. The molecule has 1 aromatic carbocycles. The van der Waals surface area contributed by atoms with Gasteiger partial charge in [0.25, 0.3) is 0 Å². The smallest absolute Gasteiger partial charge is 0.127 e. The van der Waals surface area contributed by atoms with Gasteiger partial charge in [-0.05, 0) is 13.0 Å². The number of rotatable bonds is 2. The van der Waals surface area contributed by atoms with Crippen molar-refractivity contribution in [1.29, 1.82) is 0 Å². The number of hydrogen-bond donors (Lipinski definition) is 1. The Bertz CT molecular complexity index is 327.